The maximum atomic E-state index is 4.88. The molecule has 0 fully saturated rings. The topological polar surface area (TPSA) is 12.9 Å². The van der Waals surface area contributed by atoms with E-state index in [1.807, 2.05) is 12.3 Å². The van der Waals surface area contributed by atoms with Gasteiger partial charge in [0, 0.05) is 11.8 Å². The molecule has 0 atom stereocenters. The highest BCUT2D eigenvalue weighted by molar-refractivity contribution is 7.04. The van der Waals surface area contributed by atoms with Gasteiger partial charge in [0.25, 0.3) is 0 Å². The molecule has 0 spiro atoms. The summed E-state index contributed by atoms with van der Waals surface area (Å²) in [5, 5.41) is 10.7. The number of rotatable bonds is 2. The van der Waals surface area contributed by atoms with Crippen molar-refractivity contribution in [3.05, 3.63) is 128 Å². The van der Waals surface area contributed by atoms with Gasteiger partial charge in [0.15, 0.2) is 0 Å². The molecule has 39 heavy (non-hydrogen) atoms. The van der Waals surface area contributed by atoms with Gasteiger partial charge < -0.3 is 0 Å². The first kappa shape index (κ1) is 22.5. The molecule has 2 heterocycles. The molecule has 0 amide bonds. The lowest BCUT2D eigenvalue weighted by Crippen LogP contribution is -2.49. The summed E-state index contributed by atoms with van der Waals surface area (Å²) < 4.78 is 0. The van der Waals surface area contributed by atoms with E-state index < -0.39 is 8.07 Å². The van der Waals surface area contributed by atoms with Gasteiger partial charge in [0.1, 0.15) is 8.07 Å². The summed E-state index contributed by atoms with van der Waals surface area (Å²) >= 11 is 0. The molecule has 184 valence electrons. The molecule has 0 aliphatic carbocycles. The van der Waals surface area contributed by atoms with Crippen LogP contribution in [0.2, 0.25) is 13.1 Å². The summed E-state index contributed by atoms with van der Waals surface area (Å²) in [4.78, 5) is 4.88. The molecule has 0 saturated carbocycles. The molecule has 0 radical (unpaired) electrons. The standard InChI is InChI=1S/C37H27NSi/c1-39(2)34-20-8-7-15-26(34)30-22-31-32(23-35(30)39)36(27-18-11-13-24-12-3-4-14-25(24)27)28-16-5-6-17-29(28)37(31)33-19-9-10-21-38-33/h3-23H,1-2H3. The van der Waals surface area contributed by atoms with Crippen molar-refractivity contribution < 1.29 is 0 Å². The molecule has 0 unspecified atom stereocenters. The lowest BCUT2D eigenvalue weighted by molar-refractivity contribution is 1.34. The summed E-state index contributed by atoms with van der Waals surface area (Å²) in [5.41, 5.74) is 7.64. The van der Waals surface area contributed by atoms with Gasteiger partial charge in [-0.1, -0.05) is 116 Å². The lowest BCUT2D eigenvalue weighted by atomic mass is 9.84. The predicted molar refractivity (Wildman–Crippen MR) is 170 cm³/mol. The number of fused-ring (bicyclic) bond motifs is 6. The van der Waals surface area contributed by atoms with E-state index in [1.54, 1.807) is 0 Å². The average Bonchev–Trinajstić information content (AvgIpc) is 3.21. The second-order valence-electron chi connectivity index (χ2n) is 11.2. The largest absolute Gasteiger partial charge is 0.256 e. The van der Waals surface area contributed by atoms with Crippen LogP contribution in [0.25, 0.3) is 65.8 Å². The summed E-state index contributed by atoms with van der Waals surface area (Å²) in [6, 6.07) is 44.7. The van der Waals surface area contributed by atoms with Crippen molar-refractivity contribution in [1.29, 1.82) is 0 Å². The summed E-state index contributed by atoms with van der Waals surface area (Å²) in [6.07, 6.45) is 1.91. The van der Waals surface area contributed by atoms with E-state index in [0.717, 1.165) is 5.69 Å². The van der Waals surface area contributed by atoms with Crippen molar-refractivity contribution in [3.63, 3.8) is 0 Å². The van der Waals surface area contributed by atoms with E-state index in [4.69, 9.17) is 4.98 Å². The van der Waals surface area contributed by atoms with Crippen LogP contribution in [0.4, 0.5) is 0 Å². The highest BCUT2D eigenvalue weighted by atomic mass is 28.3. The minimum absolute atomic E-state index is 1.02. The summed E-state index contributed by atoms with van der Waals surface area (Å²) in [7, 11) is -1.86. The molecule has 1 aliphatic heterocycles. The SMILES string of the molecule is C[Si]1(C)c2ccccc2-c2cc3c(-c4ccccn4)c4ccccc4c(-c4cccc5ccccc45)c3cc21. The molecular weight excluding hydrogens is 487 g/mol. The zero-order valence-corrected chi connectivity index (χ0v) is 23.1. The third kappa shape index (κ3) is 3.16. The van der Waals surface area contributed by atoms with Gasteiger partial charge in [-0.25, -0.2) is 0 Å². The van der Waals surface area contributed by atoms with E-state index in [0.29, 0.717) is 0 Å². The second kappa shape index (κ2) is 8.23. The fourth-order valence-corrected chi connectivity index (χ4v) is 9.97. The minimum Gasteiger partial charge on any atom is -0.256 e. The highest BCUT2D eigenvalue weighted by Gasteiger charge is 2.38. The number of pyridine rings is 1. The Morgan fingerprint density at radius 3 is 1.92 bits per heavy atom. The van der Waals surface area contributed by atoms with Crippen LogP contribution >= 0.6 is 0 Å². The van der Waals surface area contributed by atoms with E-state index in [1.165, 1.54) is 70.5 Å². The summed E-state index contributed by atoms with van der Waals surface area (Å²) in [6.45, 7) is 5.00. The Morgan fingerprint density at radius 1 is 0.462 bits per heavy atom. The smallest absolute Gasteiger partial charge is 0.113 e. The molecule has 1 aromatic heterocycles. The maximum absolute atomic E-state index is 4.88. The Labute approximate surface area is 229 Å². The van der Waals surface area contributed by atoms with Crippen molar-refractivity contribution in [1.82, 2.24) is 4.98 Å². The molecule has 7 aromatic rings. The van der Waals surface area contributed by atoms with Crippen LogP contribution in [0.3, 0.4) is 0 Å². The van der Waals surface area contributed by atoms with Crippen LogP contribution in [0.5, 0.6) is 0 Å². The Hall–Kier alpha value is -4.53. The summed E-state index contributed by atoms with van der Waals surface area (Å²) in [5.74, 6) is 0. The second-order valence-corrected chi connectivity index (χ2v) is 15.5. The fourth-order valence-electron chi connectivity index (χ4n) is 6.89. The molecule has 0 saturated heterocycles. The van der Waals surface area contributed by atoms with Crippen molar-refractivity contribution in [3.8, 4) is 33.5 Å². The molecule has 0 bridgehead atoms. The predicted octanol–water partition coefficient (Wildman–Crippen LogP) is 8.68. The Bertz CT molecular complexity index is 2080. The molecular formula is C37H27NSi. The molecule has 8 rings (SSSR count). The number of hydrogen-bond donors (Lipinski definition) is 0. The zero-order chi connectivity index (χ0) is 26.1. The van der Waals surface area contributed by atoms with Crippen molar-refractivity contribution >= 4 is 50.8 Å². The van der Waals surface area contributed by atoms with Crippen LogP contribution in [0.15, 0.2) is 128 Å². The zero-order valence-electron chi connectivity index (χ0n) is 22.1. The third-order valence-corrected chi connectivity index (χ3v) is 12.2. The van der Waals surface area contributed by atoms with Crippen LogP contribution in [-0.4, -0.2) is 13.1 Å². The van der Waals surface area contributed by atoms with E-state index in [-0.39, 0.29) is 0 Å². The molecule has 0 N–H and O–H groups in total. The first-order valence-electron chi connectivity index (χ1n) is 13.7. The minimum atomic E-state index is -1.86. The van der Waals surface area contributed by atoms with Gasteiger partial charge in [-0.05, 0) is 83.1 Å². The van der Waals surface area contributed by atoms with Crippen LogP contribution in [0.1, 0.15) is 0 Å². The van der Waals surface area contributed by atoms with Gasteiger partial charge in [0.05, 0.1) is 5.69 Å². The number of hydrogen-bond acceptors (Lipinski definition) is 1. The van der Waals surface area contributed by atoms with Crippen LogP contribution in [0, 0.1) is 0 Å². The lowest BCUT2D eigenvalue weighted by Gasteiger charge is -2.22. The fraction of sp³-hybridized carbons (Fsp3) is 0.0541. The number of benzene rings is 6. The monoisotopic (exact) mass is 513 g/mol. The van der Waals surface area contributed by atoms with E-state index in [9.17, 15) is 0 Å². The Balaban J connectivity index is 1.62. The first-order chi connectivity index (χ1) is 19.1. The van der Waals surface area contributed by atoms with Crippen molar-refractivity contribution in [2.45, 2.75) is 13.1 Å². The van der Waals surface area contributed by atoms with Gasteiger partial charge in [-0.2, -0.15) is 0 Å². The highest BCUT2D eigenvalue weighted by Crippen LogP contribution is 2.46. The molecule has 6 aromatic carbocycles. The first-order valence-corrected chi connectivity index (χ1v) is 16.7. The van der Waals surface area contributed by atoms with Crippen LogP contribution in [-0.2, 0) is 0 Å². The van der Waals surface area contributed by atoms with Crippen molar-refractivity contribution in [2.24, 2.45) is 0 Å². The van der Waals surface area contributed by atoms with E-state index in [2.05, 4.69) is 128 Å². The van der Waals surface area contributed by atoms with Gasteiger partial charge >= 0.3 is 0 Å². The average molecular weight is 514 g/mol. The Morgan fingerprint density at radius 2 is 1.10 bits per heavy atom. The van der Waals surface area contributed by atoms with Gasteiger partial charge in [-0.15, -0.1) is 0 Å². The van der Waals surface area contributed by atoms with Crippen molar-refractivity contribution in [2.75, 3.05) is 0 Å². The van der Waals surface area contributed by atoms with E-state index >= 15 is 0 Å². The third-order valence-electron chi connectivity index (χ3n) is 8.71. The van der Waals surface area contributed by atoms with Gasteiger partial charge in [-0.3, -0.25) is 4.98 Å². The Kier molecular flexibility index (Phi) is 4.74. The quantitative estimate of drug-likeness (QED) is 0.166. The number of nitrogens with zero attached hydrogens (tertiary/aromatic N) is 1. The maximum Gasteiger partial charge on any atom is 0.113 e. The normalized spacial score (nSPS) is 13.6. The number of aromatic nitrogens is 1. The molecule has 1 nitrogen and oxygen atoms in total. The molecule has 1 aliphatic rings. The van der Waals surface area contributed by atoms with Gasteiger partial charge in [0.2, 0.25) is 0 Å². The molecule has 2 heteroatoms. The van der Waals surface area contributed by atoms with Crippen LogP contribution < -0.4 is 10.4 Å².